The summed E-state index contributed by atoms with van der Waals surface area (Å²) in [6.45, 7) is 5.78. The highest BCUT2D eigenvalue weighted by Gasteiger charge is 2.41. The zero-order chi connectivity index (χ0) is 20.7. The first kappa shape index (κ1) is 20.2. The molecule has 0 aromatic heterocycles. The average Bonchev–Trinajstić information content (AvgIpc) is 2.57. The smallest absolute Gasteiger partial charge is 0.416 e. The van der Waals surface area contributed by atoms with E-state index in [0.29, 0.717) is 5.57 Å². The lowest BCUT2D eigenvalue weighted by molar-refractivity contribution is -0.137. The SMILES string of the molecule is CC(C)(C)OC(=O)N1C2C=C(c3cc(C(F)(F)F)ccc3C#N)CC1COC2. The molecule has 2 unspecified atom stereocenters. The van der Waals surface area contributed by atoms with Gasteiger partial charge in [-0.05, 0) is 56.5 Å². The van der Waals surface area contributed by atoms with E-state index in [9.17, 15) is 23.2 Å². The van der Waals surface area contributed by atoms with Crippen molar-refractivity contribution in [2.75, 3.05) is 13.2 Å². The molecule has 0 aliphatic carbocycles. The van der Waals surface area contributed by atoms with Gasteiger partial charge in [0, 0.05) is 0 Å². The van der Waals surface area contributed by atoms with Crippen molar-refractivity contribution >= 4 is 11.7 Å². The number of amides is 1. The number of carbonyl (C=O) groups excluding carboxylic acids is 1. The van der Waals surface area contributed by atoms with E-state index in [0.717, 1.165) is 12.1 Å². The largest absolute Gasteiger partial charge is 0.444 e. The lowest BCUT2D eigenvalue weighted by atomic mass is 9.87. The molecule has 8 heteroatoms. The normalized spacial score (nSPS) is 22.3. The van der Waals surface area contributed by atoms with Crippen LogP contribution in [0.1, 0.15) is 43.9 Å². The van der Waals surface area contributed by atoms with Crippen LogP contribution in [0.3, 0.4) is 0 Å². The van der Waals surface area contributed by atoms with Crippen molar-refractivity contribution in [3.8, 4) is 6.07 Å². The zero-order valence-electron chi connectivity index (χ0n) is 15.8. The quantitative estimate of drug-likeness (QED) is 0.710. The van der Waals surface area contributed by atoms with Gasteiger partial charge in [0.1, 0.15) is 5.60 Å². The van der Waals surface area contributed by atoms with Gasteiger partial charge in [0.2, 0.25) is 0 Å². The maximum Gasteiger partial charge on any atom is 0.416 e. The number of ether oxygens (including phenoxy) is 2. The molecule has 1 aromatic rings. The Morgan fingerprint density at radius 1 is 1.29 bits per heavy atom. The Kier molecular flexibility index (Phi) is 5.15. The number of nitrogens with zero attached hydrogens (tertiary/aromatic N) is 2. The third kappa shape index (κ3) is 4.14. The lowest BCUT2D eigenvalue weighted by Gasteiger charge is -2.44. The van der Waals surface area contributed by atoms with E-state index in [2.05, 4.69) is 0 Å². The minimum absolute atomic E-state index is 0.170. The Labute approximate surface area is 161 Å². The first-order chi connectivity index (χ1) is 13.0. The number of carbonyl (C=O) groups is 1. The number of nitriles is 1. The molecule has 1 amide bonds. The fraction of sp³-hybridized carbons (Fsp3) is 0.500. The Morgan fingerprint density at radius 3 is 2.57 bits per heavy atom. The number of alkyl halides is 3. The Hall–Kier alpha value is -2.53. The predicted octanol–water partition coefficient (Wildman–Crippen LogP) is 4.37. The monoisotopic (exact) mass is 394 g/mol. The van der Waals surface area contributed by atoms with E-state index in [1.807, 2.05) is 6.07 Å². The first-order valence-electron chi connectivity index (χ1n) is 8.91. The van der Waals surface area contributed by atoms with Crippen molar-refractivity contribution in [2.24, 2.45) is 0 Å². The molecule has 0 radical (unpaired) electrons. The Bertz CT molecular complexity index is 850. The molecule has 2 heterocycles. The number of halogens is 3. The molecule has 1 fully saturated rings. The molecule has 1 aromatic carbocycles. The molecule has 2 bridgehead atoms. The van der Waals surface area contributed by atoms with Crippen LogP contribution in [0, 0.1) is 11.3 Å². The molecule has 1 saturated heterocycles. The molecule has 2 aliphatic rings. The maximum absolute atomic E-state index is 13.1. The third-order valence-electron chi connectivity index (χ3n) is 4.62. The number of morpholine rings is 1. The van der Waals surface area contributed by atoms with Gasteiger partial charge in [-0.15, -0.1) is 0 Å². The molecule has 0 saturated carbocycles. The Balaban J connectivity index is 1.98. The summed E-state index contributed by atoms with van der Waals surface area (Å²) in [7, 11) is 0. The number of hydrogen-bond donors (Lipinski definition) is 0. The van der Waals surface area contributed by atoms with Crippen molar-refractivity contribution in [3.63, 3.8) is 0 Å². The van der Waals surface area contributed by atoms with Gasteiger partial charge in [0.15, 0.2) is 0 Å². The van der Waals surface area contributed by atoms with Gasteiger partial charge in [0.25, 0.3) is 0 Å². The molecule has 5 nitrogen and oxygen atoms in total. The summed E-state index contributed by atoms with van der Waals surface area (Å²) in [4.78, 5) is 14.2. The molecule has 2 aliphatic heterocycles. The van der Waals surface area contributed by atoms with E-state index in [4.69, 9.17) is 9.47 Å². The van der Waals surface area contributed by atoms with Crippen LogP contribution in [0.25, 0.3) is 5.57 Å². The minimum Gasteiger partial charge on any atom is -0.444 e. The van der Waals surface area contributed by atoms with Gasteiger partial charge in [-0.2, -0.15) is 18.4 Å². The highest BCUT2D eigenvalue weighted by atomic mass is 19.4. The minimum atomic E-state index is -4.50. The molecule has 2 atom stereocenters. The van der Waals surface area contributed by atoms with Crippen molar-refractivity contribution in [2.45, 2.75) is 51.1 Å². The number of hydrogen-bond acceptors (Lipinski definition) is 4. The standard InChI is InChI=1S/C20H21F3N2O3/c1-19(2,3)28-18(26)25-15-6-13(7-16(25)11-27-10-15)17-8-14(20(21,22)23)5-4-12(17)9-24/h4-6,8,15-16H,7,10-11H2,1-3H3. The van der Waals surface area contributed by atoms with E-state index in [1.54, 1.807) is 31.7 Å². The second-order valence-corrected chi connectivity index (χ2v) is 7.91. The molecule has 28 heavy (non-hydrogen) atoms. The molecule has 3 rings (SSSR count). The van der Waals surface area contributed by atoms with Crippen LogP contribution in [-0.4, -0.2) is 41.9 Å². The molecule has 150 valence electrons. The zero-order valence-corrected chi connectivity index (χ0v) is 15.8. The predicted molar refractivity (Wildman–Crippen MR) is 95.2 cm³/mol. The van der Waals surface area contributed by atoms with Gasteiger partial charge in [-0.3, -0.25) is 4.90 Å². The summed E-state index contributed by atoms with van der Waals surface area (Å²) >= 11 is 0. The van der Waals surface area contributed by atoms with Gasteiger partial charge in [-0.1, -0.05) is 6.08 Å². The molecule has 0 N–H and O–H groups in total. The molecule has 0 spiro atoms. The number of benzene rings is 1. The van der Waals surface area contributed by atoms with Crippen LogP contribution in [0.15, 0.2) is 24.3 Å². The van der Waals surface area contributed by atoms with Crippen molar-refractivity contribution in [1.29, 1.82) is 5.26 Å². The second-order valence-electron chi connectivity index (χ2n) is 7.91. The van der Waals surface area contributed by atoms with Crippen LogP contribution in [0.2, 0.25) is 0 Å². The highest BCUT2D eigenvalue weighted by Crippen LogP contribution is 2.37. The van der Waals surface area contributed by atoms with E-state index in [-0.39, 0.29) is 36.8 Å². The fourth-order valence-electron chi connectivity index (χ4n) is 3.48. The maximum atomic E-state index is 13.1. The molecular weight excluding hydrogens is 373 g/mol. The second kappa shape index (κ2) is 7.13. The summed E-state index contributed by atoms with van der Waals surface area (Å²) in [6.07, 6.45) is -2.99. The summed E-state index contributed by atoms with van der Waals surface area (Å²) in [5, 5.41) is 9.35. The van der Waals surface area contributed by atoms with Crippen LogP contribution in [0.5, 0.6) is 0 Å². The third-order valence-corrected chi connectivity index (χ3v) is 4.62. The van der Waals surface area contributed by atoms with Gasteiger partial charge < -0.3 is 9.47 Å². The van der Waals surface area contributed by atoms with Gasteiger partial charge >= 0.3 is 12.3 Å². The van der Waals surface area contributed by atoms with Crippen LogP contribution >= 0.6 is 0 Å². The van der Waals surface area contributed by atoms with Gasteiger partial charge in [-0.25, -0.2) is 4.79 Å². The number of rotatable bonds is 1. The summed E-state index contributed by atoms with van der Waals surface area (Å²) in [5.74, 6) is 0. The van der Waals surface area contributed by atoms with E-state index < -0.39 is 29.5 Å². The van der Waals surface area contributed by atoms with Crippen molar-refractivity contribution in [1.82, 2.24) is 4.90 Å². The summed E-state index contributed by atoms with van der Waals surface area (Å²) in [5.41, 5.74) is -0.438. The lowest BCUT2D eigenvalue weighted by Crippen LogP contribution is -2.57. The van der Waals surface area contributed by atoms with Gasteiger partial charge in [0.05, 0.1) is 42.5 Å². The summed E-state index contributed by atoms with van der Waals surface area (Å²) in [6, 6.07) is 4.23. The van der Waals surface area contributed by atoms with Crippen molar-refractivity contribution < 1.29 is 27.4 Å². The molecular formula is C20H21F3N2O3. The van der Waals surface area contributed by atoms with Crippen LogP contribution in [0.4, 0.5) is 18.0 Å². The first-order valence-corrected chi connectivity index (χ1v) is 8.91. The van der Waals surface area contributed by atoms with Crippen LogP contribution < -0.4 is 0 Å². The Morgan fingerprint density at radius 2 is 2.00 bits per heavy atom. The van der Waals surface area contributed by atoms with E-state index in [1.165, 1.54) is 6.07 Å². The highest BCUT2D eigenvalue weighted by molar-refractivity contribution is 5.77. The van der Waals surface area contributed by atoms with Crippen LogP contribution in [-0.2, 0) is 15.7 Å². The topological polar surface area (TPSA) is 62.6 Å². The number of fused-ring (bicyclic) bond motifs is 2. The van der Waals surface area contributed by atoms with E-state index >= 15 is 0 Å². The summed E-state index contributed by atoms with van der Waals surface area (Å²) < 4.78 is 50.4. The fourth-order valence-corrected chi connectivity index (χ4v) is 3.48. The van der Waals surface area contributed by atoms with Crippen molar-refractivity contribution in [3.05, 3.63) is 41.0 Å². The average molecular weight is 394 g/mol.